The Hall–Kier alpha value is -1.81. The van der Waals surface area contributed by atoms with E-state index in [-0.39, 0.29) is 11.8 Å². The maximum Gasteiger partial charge on any atom is 0.227 e. The molecule has 0 bridgehead atoms. The van der Waals surface area contributed by atoms with Gasteiger partial charge in [0.2, 0.25) is 5.91 Å². The minimum Gasteiger partial charge on any atom is -0.378 e. The number of nitrogens with zero attached hydrogens (tertiary/aromatic N) is 1. The number of rotatable bonds is 3. The van der Waals surface area contributed by atoms with E-state index in [1.807, 2.05) is 12.1 Å². The summed E-state index contributed by atoms with van der Waals surface area (Å²) in [6.07, 6.45) is 7.08. The molecule has 1 fully saturated rings. The monoisotopic (exact) mass is 286 g/mol. The number of hydrogen-bond donors (Lipinski definition) is 1. The summed E-state index contributed by atoms with van der Waals surface area (Å²) in [5.41, 5.74) is 2.07. The van der Waals surface area contributed by atoms with Crippen LogP contribution in [0.3, 0.4) is 0 Å². The van der Waals surface area contributed by atoms with Crippen molar-refractivity contribution in [2.45, 2.75) is 19.3 Å². The SMILES string of the molecule is O=C(Nc1ccc(N2CCOCC2)cc1)[C@H]1CC=CCC1. The number of nitrogens with one attached hydrogen (secondary N) is 1. The number of allylic oxidation sites excluding steroid dienone is 2. The van der Waals surface area contributed by atoms with E-state index in [2.05, 4.69) is 34.5 Å². The quantitative estimate of drug-likeness (QED) is 0.869. The molecule has 1 heterocycles. The molecule has 0 spiro atoms. The van der Waals surface area contributed by atoms with E-state index in [1.165, 1.54) is 5.69 Å². The summed E-state index contributed by atoms with van der Waals surface area (Å²) in [6, 6.07) is 8.12. The molecule has 4 nitrogen and oxygen atoms in total. The number of carbonyl (C=O) groups excluding carboxylic acids is 1. The fraction of sp³-hybridized carbons (Fsp3) is 0.471. The normalized spacial score (nSPS) is 22.1. The van der Waals surface area contributed by atoms with Crippen LogP contribution in [-0.4, -0.2) is 32.2 Å². The standard InChI is InChI=1S/C17H22N2O2/c20-17(14-4-2-1-3-5-14)18-15-6-8-16(9-7-15)19-10-12-21-13-11-19/h1-2,6-9,14H,3-5,10-13H2,(H,18,20)/t14-/m0/s1. The molecule has 0 unspecified atom stereocenters. The lowest BCUT2D eigenvalue weighted by Gasteiger charge is -2.29. The van der Waals surface area contributed by atoms with Crippen molar-refractivity contribution in [3.63, 3.8) is 0 Å². The number of carbonyl (C=O) groups is 1. The van der Waals surface area contributed by atoms with Crippen molar-refractivity contribution in [3.8, 4) is 0 Å². The van der Waals surface area contributed by atoms with Gasteiger partial charge in [-0.1, -0.05) is 12.2 Å². The van der Waals surface area contributed by atoms with Gasteiger partial charge < -0.3 is 15.0 Å². The van der Waals surface area contributed by atoms with E-state index in [1.54, 1.807) is 0 Å². The van der Waals surface area contributed by atoms with Crippen LogP contribution in [0.5, 0.6) is 0 Å². The van der Waals surface area contributed by atoms with Crippen LogP contribution in [0, 0.1) is 5.92 Å². The van der Waals surface area contributed by atoms with Gasteiger partial charge in [-0.05, 0) is 43.5 Å². The first-order chi connectivity index (χ1) is 10.3. The third-order valence-electron chi connectivity index (χ3n) is 4.15. The summed E-state index contributed by atoms with van der Waals surface area (Å²) >= 11 is 0. The van der Waals surface area contributed by atoms with Gasteiger partial charge in [-0.2, -0.15) is 0 Å². The molecule has 1 aliphatic carbocycles. The summed E-state index contributed by atoms with van der Waals surface area (Å²) in [7, 11) is 0. The Morgan fingerprint density at radius 1 is 1.14 bits per heavy atom. The third kappa shape index (κ3) is 3.64. The fourth-order valence-electron chi connectivity index (χ4n) is 2.85. The Morgan fingerprint density at radius 2 is 1.90 bits per heavy atom. The lowest BCUT2D eigenvalue weighted by Crippen LogP contribution is -2.36. The van der Waals surface area contributed by atoms with Crippen LogP contribution in [0.4, 0.5) is 11.4 Å². The summed E-state index contributed by atoms with van der Waals surface area (Å²) in [4.78, 5) is 14.5. The highest BCUT2D eigenvalue weighted by atomic mass is 16.5. The van der Waals surface area contributed by atoms with Crippen molar-refractivity contribution in [2.24, 2.45) is 5.92 Å². The molecule has 3 rings (SSSR count). The van der Waals surface area contributed by atoms with Crippen LogP contribution in [-0.2, 0) is 9.53 Å². The maximum atomic E-state index is 12.2. The van der Waals surface area contributed by atoms with Gasteiger partial charge in [-0.3, -0.25) is 4.79 Å². The predicted octanol–water partition coefficient (Wildman–Crippen LogP) is 2.82. The summed E-state index contributed by atoms with van der Waals surface area (Å²) in [5.74, 6) is 0.257. The van der Waals surface area contributed by atoms with Crippen LogP contribution >= 0.6 is 0 Å². The second-order valence-corrected chi connectivity index (χ2v) is 5.62. The highest BCUT2D eigenvalue weighted by Crippen LogP contribution is 2.22. The molecule has 2 aliphatic rings. The minimum absolute atomic E-state index is 0.119. The molecular weight excluding hydrogens is 264 g/mol. The van der Waals surface area contributed by atoms with E-state index in [9.17, 15) is 4.79 Å². The van der Waals surface area contributed by atoms with Crippen LogP contribution in [0.2, 0.25) is 0 Å². The molecule has 112 valence electrons. The van der Waals surface area contributed by atoms with Crippen molar-refractivity contribution < 1.29 is 9.53 Å². The Morgan fingerprint density at radius 3 is 2.57 bits per heavy atom. The van der Waals surface area contributed by atoms with Crippen molar-refractivity contribution in [3.05, 3.63) is 36.4 Å². The maximum absolute atomic E-state index is 12.2. The molecule has 1 amide bonds. The van der Waals surface area contributed by atoms with Gasteiger partial charge in [0.05, 0.1) is 13.2 Å². The predicted molar refractivity (Wildman–Crippen MR) is 84.6 cm³/mol. The molecule has 0 aromatic heterocycles. The topological polar surface area (TPSA) is 41.6 Å². The zero-order valence-corrected chi connectivity index (χ0v) is 12.3. The summed E-state index contributed by atoms with van der Waals surface area (Å²) in [5, 5.41) is 3.03. The average Bonchev–Trinajstić information content (AvgIpc) is 2.57. The molecule has 21 heavy (non-hydrogen) atoms. The zero-order valence-electron chi connectivity index (χ0n) is 12.3. The van der Waals surface area contributed by atoms with E-state index < -0.39 is 0 Å². The highest BCUT2D eigenvalue weighted by Gasteiger charge is 2.18. The first-order valence-corrected chi connectivity index (χ1v) is 7.71. The second-order valence-electron chi connectivity index (χ2n) is 5.62. The van der Waals surface area contributed by atoms with E-state index in [4.69, 9.17) is 4.74 Å². The average molecular weight is 286 g/mol. The van der Waals surface area contributed by atoms with Gasteiger partial charge in [0.15, 0.2) is 0 Å². The number of hydrogen-bond acceptors (Lipinski definition) is 3. The first kappa shape index (κ1) is 14.1. The molecular formula is C17H22N2O2. The molecule has 1 saturated heterocycles. The van der Waals surface area contributed by atoms with Crippen molar-refractivity contribution in [1.82, 2.24) is 0 Å². The van der Waals surface area contributed by atoms with Gasteiger partial charge in [0.25, 0.3) is 0 Å². The number of morpholine rings is 1. The molecule has 1 aliphatic heterocycles. The number of anilines is 2. The Kier molecular flexibility index (Phi) is 4.55. The van der Waals surface area contributed by atoms with Crippen molar-refractivity contribution >= 4 is 17.3 Å². The number of benzene rings is 1. The lowest BCUT2D eigenvalue weighted by atomic mass is 9.93. The molecule has 4 heteroatoms. The van der Waals surface area contributed by atoms with Crippen molar-refractivity contribution in [1.29, 1.82) is 0 Å². The van der Waals surface area contributed by atoms with Gasteiger partial charge in [0, 0.05) is 30.4 Å². The Balaban J connectivity index is 1.58. The molecule has 1 atom stereocenters. The lowest BCUT2D eigenvalue weighted by molar-refractivity contribution is -0.120. The third-order valence-corrected chi connectivity index (χ3v) is 4.15. The van der Waals surface area contributed by atoms with Crippen molar-refractivity contribution in [2.75, 3.05) is 36.5 Å². The molecule has 0 radical (unpaired) electrons. The zero-order chi connectivity index (χ0) is 14.5. The number of amides is 1. The summed E-state index contributed by atoms with van der Waals surface area (Å²) in [6.45, 7) is 3.43. The minimum atomic E-state index is 0.119. The Bertz CT molecular complexity index is 504. The molecule has 0 saturated carbocycles. The first-order valence-electron chi connectivity index (χ1n) is 7.71. The van der Waals surface area contributed by atoms with Crippen LogP contribution in [0.15, 0.2) is 36.4 Å². The molecule has 1 aromatic rings. The number of ether oxygens (including phenoxy) is 1. The van der Waals surface area contributed by atoms with Gasteiger partial charge in [-0.15, -0.1) is 0 Å². The van der Waals surface area contributed by atoms with Crippen LogP contribution in [0.1, 0.15) is 19.3 Å². The Labute approximate surface area is 125 Å². The highest BCUT2D eigenvalue weighted by molar-refractivity contribution is 5.92. The second kappa shape index (κ2) is 6.76. The van der Waals surface area contributed by atoms with Gasteiger partial charge in [-0.25, -0.2) is 0 Å². The fourth-order valence-corrected chi connectivity index (χ4v) is 2.85. The smallest absolute Gasteiger partial charge is 0.227 e. The largest absolute Gasteiger partial charge is 0.378 e. The van der Waals surface area contributed by atoms with E-state index >= 15 is 0 Å². The molecule has 1 N–H and O–H groups in total. The van der Waals surface area contributed by atoms with Gasteiger partial charge in [0.1, 0.15) is 0 Å². The van der Waals surface area contributed by atoms with E-state index in [0.29, 0.717) is 0 Å². The van der Waals surface area contributed by atoms with Crippen LogP contribution in [0.25, 0.3) is 0 Å². The molecule has 1 aromatic carbocycles. The van der Waals surface area contributed by atoms with E-state index in [0.717, 1.165) is 51.3 Å². The van der Waals surface area contributed by atoms with Crippen LogP contribution < -0.4 is 10.2 Å². The summed E-state index contributed by atoms with van der Waals surface area (Å²) < 4.78 is 5.36. The van der Waals surface area contributed by atoms with Gasteiger partial charge >= 0.3 is 0 Å².